The minimum absolute atomic E-state index is 0.0288. The first-order chi connectivity index (χ1) is 32.4. The lowest BCUT2D eigenvalue weighted by Crippen LogP contribution is -2.10. The minimum Gasteiger partial charge on any atom is -0.310 e. The van der Waals surface area contributed by atoms with Crippen LogP contribution in [0.3, 0.4) is 0 Å². The highest BCUT2D eigenvalue weighted by molar-refractivity contribution is 5.97. The fraction of sp³-hybridized carbons (Fsp3) is 0. The molecule has 0 aliphatic heterocycles. The van der Waals surface area contributed by atoms with Crippen molar-refractivity contribution in [2.24, 2.45) is 0 Å². The van der Waals surface area contributed by atoms with Gasteiger partial charge in [0, 0.05) is 17.1 Å². The van der Waals surface area contributed by atoms with Gasteiger partial charge in [0.1, 0.15) is 0 Å². The molecular weight excluding hydrogens is 615 g/mol. The first-order valence-electron chi connectivity index (χ1n) is 24.6. The molecule has 9 aromatic rings. The molecule has 51 heavy (non-hydrogen) atoms. The molecule has 0 unspecified atom stereocenters. The quantitative estimate of drug-likeness (QED) is 0.164. The average molecular weight is 667 g/mol. The van der Waals surface area contributed by atoms with Gasteiger partial charge in [0.25, 0.3) is 0 Å². The van der Waals surface area contributed by atoms with Crippen molar-refractivity contribution in [1.82, 2.24) is 0 Å². The summed E-state index contributed by atoms with van der Waals surface area (Å²) in [5.41, 5.74) is -1.21. The van der Waals surface area contributed by atoms with E-state index in [1.54, 1.807) is 42.5 Å². The van der Waals surface area contributed by atoms with Gasteiger partial charge in [-0.05, 0) is 108 Å². The summed E-state index contributed by atoms with van der Waals surface area (Å²) in [5.74, 6) is 0. The molecule has 0 bridgehead atoms. The Morgan fingerprint density at radius 3 is 1.67 bits per heavy atom. The summed E-state index contributed by atoms with van der Waals surface area (Å²) in [7, 11) is 0. The van der Waals surface area contributed by atoms with Crippen molar-refractivity contribution in [3.63, 3.8) is 0 Å². The zero-order valence-corrected chi connectivity index (χ0v) is 26.8. The Kier molecular flexibility index (Phi) is 4.51. The van der Waals surface area contributed by atoms with Crippen LogP contribution in [0.5, 0.6) is 0 Å². The number of nitrogens with zero attached hydrogens (tertiary/aromatic N) is 1. The van der Waals surface area contributed by atoms with Gasteiger partial charge in [-0.25, -0.2) is 0 Å². The summed E-state index contributed by atoms with van der Waals surface area (Å²) in [4.78, 5) is 1.17. The molecule has 1 nitrogen and oxygen atoms in total. The maximum atomic E-state index is 9.72. The zero-order valence-electron chi connectivity index (χ0n) is 43.8. The molecule has 0 aromatic heterocycles. The third-order valence-electron chi connectivity index (χ3n) is 8.56. The summed E-state index contributed by atoms with van der Waals surface area (Å²) in [6.07, 6.45) is 0. The predicted molar refractivity (Wildman–Crippen MR) is 218 cm³/mol. The van der Waals surface area contributed by atoms with E-state index in [9.17, 15) is 8.22 Å². The third kappa shape index (κ3) is 6.07. The summed E-state index contributed by atoms with van der Waals surface area (Å²) >= 11 is 0. The second-order valence-electron chi connectivity index (χ2n) is 11.7. The van der Waals surface area contributed by atoms with Gasteiger partial charge < -0.3 is 4.90 Å². The summed E-state index contributed by atoms with van der Waals surface area (Å²) in [6.45, 7) is 0. The molecule has 0 aliphatic rings. The molecule has 9 rings (SSSR count). The van der Waals surface area contributed by atoms with Gasteiger partial charge in [0.2, 0.25) is 0 Å². The van der Waals surface area contributed by atoms with Gasteiger partial charge in [-0.2, -0.15) is 0 Å². The predicted octanol–water partition coefficient (Wildman–Crippen LogP) is 14.1. The van der Waals surface area contributed by atoms with Crippen LogP contribution in [0.1, 0.15) is 23.3 Å². The highest BCUT2D eigenvalue weighted by atomic mass is 15.1. The Labute approximate surface area is 323 Å². The van der Waals surface area contributed by atoms with Gasteiger partial charge in [0.15, 0.2) is 0 Å². The van der Waals surface area contributed by atoms with Crippen LogP contribution in [-0.4, -0.2) is 0 Å². The number of fused-ring (bicyclic) bond motifs is 2. The Hall–Kier alpha value is -6.70. The summed E-state index contributed by atoms with van der Waals surface area (Å²) in [6, 6.07) is 20.5. The smallest absolute Gasteiger partial charge is 0.0651 e. The number of anilines is 3. The van der Waals surface area contributed by atoms with E-state index in [4.69, 9.17) is 15.1 Å². The molecule has 9 aromatic carbocycles. The van der Waals surface area contributed by atoms with Crippen molar-refractivity contribution in [3.8, 4) is 44.5 Å². The van der Waals surface area contributed by atoms with E-state index < -0.39 is 131 Å². The van der Waals surface area contributed by atoms with Crippen LogP contribution >= 0.6 is 0 Å². The molecule has 0 spiro atoms. The van der Waals surface area contributed by atoms with Gasteiger partial charge >= 0.3 is 0 Å². The van der Waals surface area contributed by atoms with E-state index >= 15 is 0 Å². The first kappa shape index (κ1) is 17.3. The van der Waals surface area contributed by atoms with E-state index in [1.165, 1.54) is 4.90 Å². The van der Waals surface area contributed by atoms with E-state index in [0.717, 1.165) is 32.7 Å². The Bertz CT molecular complexity index is 3520. The number of hydrogen-bond donors (Lipinski definition) is 0. The molecule has 0 heterocycles. The van der Waals surface area contributed by atoms with Gasteiger partial charge in [-0.1, -0.05) is 170 Å². The lowest BCUT2D eigenvalue weighted by Gasteiger charge is -2.26. The Balaban J connectivity index is 1.30. The summed E-state index contributed by atoms with van der Waals surface area (Å²) < 4.78 is 152. The lowest BCUT2D eigenvalue weighted by atomic mass is 9.97. The molecular formula is C50H35N. The van der Waals surface area contributed by atoms with Crippen molar-refractivity contribution in [2.45, 2.75) is 0 Å². The Morgan fingerprint density at radius 2 is 0.922 bits per heavy atom. The standard InChI is InChI=1S/C50H35N/c1-2-10-36(11-3-1)38-20-22-39(23-21-38)40-26-30-46(31-27-40)51(47-32-28-42(29-33-47)50-19-9-15-41-13-6-7-18-49(41)50)48-17-8-16-44(35-48)45-25-24-37-12-4-5-14-43(37)34-45/h1-35H/i1D,2D,3D,8D,10D,11D,16D,17D,20D,21D,22D,23D,26D,27D,30D,31D,35D. The molecule has 0 atom stereocenters. The van der Waals surface area contributed by atoms with Crippen molar-refractivity contribution in [2.75, 3.05) is 4.90 Å². The van der Waals surface area contributed by atoms with E-state index in [0.29, 0.717) is 5.56 Å². The van der Waals surface area contributed by atoms with Crippen LogP contribution in [0.15, 0.2) is 212 Å². The normalized spacial score (nSPS) is 15.8. The monoisotopic (exact) mass is 666 g/mol. The second kappa shape index (κ2) is 13.3. The van der Waals surface area contributed by atoms with Crippen LogP contribution in [0.25, 0.3) is 66.1 Å². The number of rotatable bonds is 7. The molecule has 0 fully saturated rings. The topological polar surface area (TPSA) is 3.24 Å². The van der Waals surface area contributed by atoms with Crippen molar-refractivity contribution >= 4 is 38.6 Å². The highest BCUT2D eigenvalue weighted by Crippen LogP contribution is 2.39. The van der Waals surface area contributed by atoms with Crippen LogP contribution in [0.4, 0.5) is 17.1 Å². The van der Waals surface area contributed by atoms with Crippen LogP contribution in [0.2, 0.25) is 0 Å². The molecule has 0 saturated carbocycles. The lowest BCUT2D eigenvalue weighted by molar-refractivity contribution is 1.28. The average Bonchev–Trinajstić information content (AvgIpc) is 3.34. The fourth-order valence-electron chi connectivity index (χ4n) is 6.05. The van der Waals surface area contributed by atoms with Crippen LogP contribution in [-0.2, 0) is 0 Å². The van der Waals surface area contributed by atoms with Crippen molar-refractivity contribution in [3.05, 3.63) is 212 Å². The third-order valence-corrected chi connectivity index (χ3v) is 8.56. The summed E-state index contributed by atoms with van der Waals surface area (Å²) in [5, 5.41) is 3.60. The van der Waals surface area contributed by atoms with Crippen LogP contribution in [0, 0.1) is 0 Å². The van der Waals surface area contributed by atoms with Crippen molar-refractivity contribution < 1.29 is 23.3 Å². The highest BCUT2D eigenvalue weighted by Gasteiger charge is 2.15. The fourth-order valence-corrected chi connectivity index (χ4v) is 6.05. The van der Waals surface area contributed by atoms with Gasteiger partial charge in [-0.15, -0.1) is 0 Å². The second-order valence-corrected chi connectivity index (χ2v) is 11.7. The molecule has 0 radical (unpaired) electrons. The number of benzene rings is 9. The number of hydrogen-bond acceptors (Lipinski definition) is 1. The molecule has 0 aliphatic carbocycles. The van der Waals surface area contributed by atoms with Gasteiger partial charge in [-0.3, -0.25) is 0 Å². The van der Waals surface area contributed by atoms with E-state index in [2.05, 4.69) is 0 Å². The molecule has 0 saturated heterocycles. The molecule has 0 N–H and O–H groups in total. The van der Waals surface area contributed by atoms with Crippen LogP contribution < -0.4 is 4.90 Å². The maximum Gasteiger partial charge on any atom is 0.0651 e. The van der Waals surface area contributed by atoms with Crippen molar-refractivity contribution in [1.29, 1.82) is 0 Å². The van der Waals surface area contributed by atoms with Gasteiger partial charge in [0.05, 0.1) is 23.3 Å². The molecule has 1 heteroatoms. The van der Waals surface area contributed by atoms with E-state index in [1.807, 2.05) is 66.7 Å². The largest absolute Gasteiger partial charge is 0.310 e. The molecule has 240 valence electrons. The SMILES string of the molecule is [2H]c1c([2H])c([2H])c(-c2c([2H])c([2H])c(-c3c([2H])c([2H])c(N(c4ccc(-c5cccc6ccccc56)cc4)c4c([2H])c([2H])c([2H])c(-c5ccc6ccccc6c5)c4[2H])c([2H])c3[2H])c([2H])c2[2H])c([2H])c1[2H]. The minimum atomic E-state index is -0.867. The maximum absolute atomic E-state index is 9.72. The Morgan fingerprint density at radius 1 is 0.333 bits per heavy atom. The first-order valence-corrected chi connectivity index (χ1v) is 16.1. The molecule has 0 amide bonds. The zero-order chi connectivity index (χ0) is 48.8. The van der Waals surface area contributed by atoms with E-state index in [-0.39, 0.29) is 16.9 Å².